The van der Waals surface area contributed by atoms with Gasteiger partial charge in [-0.15, -0.1) is 0 Å². The molecule has 2 aromatic carbocycles. The van der Waals surface area contributed by atoms with Crippen molar-refractivity contribution >= 4 is 11.8 Å². The number of carbonyl (C=O) groups is 2. The fraction of sp³-hybridized carbons (Fsp3) is 0.440. The van der Waals surface area contributed by atoms with Crippen LogP contribution in [0.4, 0.5) is 0 Å². The molecule has 0 atom stereocenters. The fourth-order valence-corrected chi connectivity index (χ4v) is 3.72. The van der Waals surface area contributed by atoms with Crippen molar-refractivity contribution in [3.63, 3.8) is 0 Å². The molecule has 1 aliphatic rings. The molecule has 1 saturated heterocycles. The van der Waals surface area contributed by atoms with E-state index >= 15 is 0 Å². The second-order valence-electron chi connectivity index (χ2n) is 8.18. The maximum Gasteiger partial charge on any atom is 0.251 e. The lowest BCUT2D eigenvalue weighted by Crippen LogP contribution is -2.47. The first-order valence-corrected chi connectivity index (χ1v) is 11.1. The molecule has 166 valence electrons. The van der Waals surface area contributed by atoms with Crippen LogP contribution in [0.1, 0.15) is 47.7 Å². The number of aryl methyl sites for hydroxylation is 1. The van der Waals surface area contributed by atoms with E-state index < -0.39 is 0 Å². The Labute approximate surface area is 185 Å². The number of likely N-dealkylation sites (tertiary alicyclic amines) is 1. The van der Waals surface area contributed by atoms with Crippen molar-refractivity contribution in [2.75, 3.05) is 26.2 Å². The Hall–Kier alpha value is -2.86. The van der Waals surface area contributed by atoms with Crippen LogP contribution in [0, 0.1) is 6.92 Å². The number of hydrogen-bond acceptors (Lipinski definition) is 4. The third-order valence-corrected chi connectivity index (χ3v) is 5.45. The van der Waals surface area contributed by atoms with E-state index in [4.69, 9.17) is 4.74 Å². The van der Waals surface area contributed by atoms with E-state index in [-0.39, 0.29) is 17.9 Å². The quantitative estimate of drug-likeness (QED) is 0.649. The molecule has 6 heteroatoms. The Bertz CT molecular complexity index is 876. The van der Waals surface area contributed by atoms with Gasteiger partial charge >= 0.3 is 0 Å². The molecule has 2 amide bonds. The van der Waals surface area contributed by atoms with Gasteiger partial charge in [0.15, 0.2) is 0 Å². The molecule has 1 fully saturated rings. The standard InChI is InChI=1S/C25H33N3O3/c1-3-12-26-24(29)17-28-13-10-22(11-14-28)27-25(30)21-8-5-9-23(16-21)31-18-20-7-4-6-19(2)15-20/h4-9,15-16,22H,3,10-14,17-18H2,1-2H3,(H,26,29)(H,27,30). The summed E-state index contributed by atoms with van der Waals surface area (Å²) in [5.41, 5.74) is 2.90. The number of rotatable bonds is 9. The zero-order chi connectivity index (χ0) is 22.1. The first-order chi connectivity index (χ1) is 15.0. The van der Waals surface area contributed by atoms with Crippen molar-refractivity contribution in [1.82, 2.24) is 15.5 Å². The van der Waals surface area contributed by atoms with Gasteiger partial charge in [0, 0.05) is 31.2 Å². The minimum absolute atomic E-state index is 0.0758. The van der Waals surface area contributed by atoms with Gasteiger partial charge in [0.05, 0.1) is 6.54 Å². The van der Waals surface area contributed by atoms with Crippen LogP contribution in [0.2, 0.25) is 0 Å². The zero-order valence-corrected chi connectivity index (χ0v) is 18.5. The normalized spacial score (nSPS) is 14.8. The lowest BCUT2D eigenvalue weighted by atomic mass is 10.0. The van der Waals surface area contributed by atoms with Gasteiger partial charge in [0.25, 0.3) is 5.91 Å². The van der Waals surface area contributed by atoms with Crippen LogP contribution in [0.5, 0.6) is 5.75 Å². The summed E-state index contributed by atoms with van der Waals surface area (Å²) in [4.78, 5) is 26.7. The average Bonchev–Trinajstić information content (AvgIpc) is 2.78. The summed E-state index contributed by atoms with van der Waals surface area (Å²) < 4.78 is 5.88. The van der Waals surface area contributed by atoms with Gasteiger partial charge in [-0.25, -0.2) is 0 Å². The third-order valence-electron chi connectivity index (χ3n) is 5.45. The van der Waals surface area contributed by atoms with Gasteiger partial charge in [-0.1, -0.05) is 42.8 Å². The topological polar surface area (TPSA) is 70.7 Å². The molecule has 0 radical (unpaired) electrons. The van der Waals surface area contributed by atoms with Crippen molar-refractivity contribution in [1.29, 1.82) is 0 Å². The van der Waals surface area contributed by atoms with E-state index in [1.54, 1.807) is 6.07 Å². The Morgan fingerprint density at radius 1 is 1.10 bits per heavy atom. The minimum atomic E-state index is -0.0832. The number of benzene rings is 2. The third kappa shape index (κ3) is 7.40. The number of ether oxygens (including phenoxy) is 1. The van der Waals surface area contributed by atoms with E-state index in [0.717, 1.165) is 44.5 Å². The fourth-order valence-electron chi connectivity index (χ4n) is 3.72. The summed E-state index contributed by atoms with van der Waals surface area (Å²) in [5.74, 6) is 0.675. The molecule has 0 saturated carbocycles. The van der Waals surface area contributed by atoms with Crippen LogP contribution in [0.15, 0.2) is 48.5 Å². The molecular weight excluding hydrogens is 390 g/mol. The predicted octanol–water partition coefficient (Wildman–Crippen LogP) is 3.29. The monoisotopic (exact) mass is 423 g/mol. The maximum absolute atomic E-state index is 12.7. The van der Waals surface area contributed by atoms with Gasteiger partial charge in [0.1, 0.15) is 12.4 Å². The highest BCUT2D eigenvalue weighted by molar-refractivity contribution is 5.94. The van der Waals surface area contributed by atoms with Gasteiger partial charge in [-0.05, 0) is 49.9 Å². The summed E-state index contributed by atoms with van der Waals surface area (Å²) in [6.07, 6.45) is 2.63. The summed E-state index contributed by atoms with van der Waals surface area (Å²) in [5, 5.41) is 6.04. The molecule has 2 N–H and O–H groups in total. The van der Waals surface area contributed by atoms with Gasteiger partial charge in [-0.2, -0.15) is 0 Å². The zero-order valence-electron chi connectivity index (χ0n) is 18.5. The highest BCUT2D eigenvalue weighted by Gasteiger charge is 2.22. The molecule has 3 rings (SSSR count). The van der Waals surface area contributed by atoms with E-state index in [1.807, 2.05) is 37.3 Å². The predicted molar refractivity (Wildman–Crippen MR) is 122 cm³/mol. The van der Waals surface area contributed by atoms with Crippen molar-refractivity contribution in [3.05, 3.63) is 65.2 Å². The van der Waals surface area contributed by atoms with E-state index in [1.165, 1.54) is 5.56 Å². The van der Waals surface area contributed by atoms with Crippen molar-refractivity contribution < 1.29 is 14.3 Å². The second-order valence-corrected chi connectivity index (χ2v) is 8.18. The van der Waals surface area contributed by atoms with Gasteiger partial charge in [-0.3, -0.25) is 14.5 Å². The highest BCUT2D eigenvalue weighted by Crippen LogP contribution is 2.17. The SMILES string of the molecule is CCCNC(=O)CN1CCC(NC(=O)c2cccc(OCc3cccc(C)c3)c2)CC1. The number of piperidine rings is 1. The van der Waals surface area contributed by atoms with Crippen LogP contribution in [-0.4, -0.2) is 48.9 Å². The van der Waals surface area contributed by atoms with Gasteiger partial charge in [0.2, 0.25) is 5.91 Å². The lowest BCUT2D eigenvalue weighted by Gasteiger charge is -2.31. The molecule has 31 heavy (non-hydrogen) atoms. The van der Waals surface area contributed by atoms with E-state index in [0.29, 0.717) is 24.5 Å². The molecule has 0 spiro atoms. The van der Waals surface area contributed by atoms with E-state index in [9.17, 15) is 9.59 Å². The summed E-state index contributed by atoms with van der Waals surface area (Å²) >= 11 is 0. The van der Waals surface area contributed by atoms with Gasteiger partial charge < -0.3 is 15.4 Å². The highest BCUT2D eigenvalue weighted by atomic mass is 16.5. The number of nitrogens with zero attached hydrogens (tertiary/aromatic N) is 1. The Balaban J connectivity index is 1.45. The second kappa shape index (κ2) is 11.5. The van der Waals surface area contributed by atoms with Crippen LogP contribution >= 0.6 is 0 Å². The Morgan fingerprint density at radius 2 is 1.87 bits per heavy atom. The molecule has 1 aliphatic heterocycles. The number of hydrogen-bond donors (Lipinski definition) is 2. The average molecular weight is 424 g/mol. The Kier molecular flexibility index (Phi) is 8.47. The maximum atomic E-state index is 12.7. The van der Waals surface area contributed by atoms with Crippen LogP contribution in [-0.2, 0) is 11.4 Å². The minimum Gasteiger partial charge on any atom is -0.489 e. The molecule has 0 aliphatic carbocycles. The molecular formula is C25H33N3O3. The lowest BCUT2D eigenvalue weighted by molar-refractivity contribution is -0.122. The summed E-state index contributed by atoms with van der Waals surface area (Å²) in [6, 6.07) is 15.6. The molecule has 0 bridgehead atoms. The number of carbonyl (C=O) groups excluding carboxylic acids is 2. The Morgan fingerprint density at radius 3 is 2.61 bits per heavy atom. The first-order valence-electron chi connectivity index (χ1n) is 11.1. The molecule has 2 aromatic rings. The molecule has 1 heterocycles. The molecule has 0 unspecified atom stereocenters. The van der Waals surface area contributed by atoms with Crippen LogP contribution < -0.4 is 15.4 Å². The molecule has 0 aromatic heterocycles. The van der Waals surface area contributed by atoms with E-state index in [2.05, 4.69) is 34.6 Å². The number of nitrogens with one attached hydrogen (secondary N) is 2. The van der Waals surface area contributed by atoms with Crippen molar-refractivity contribution in [2.24, 2.45) is 0 Å². The smallest absolute Gasteiger partial charge is 0.251 e. The summed E-state index contributed by atoms with van der Waals surface area (Å²) in [6.45, 7) is 7.34. The van der Waals surface area contributed by atoms with Crippen molar-refractivity contribution in [3.8, 4) is 5.75 Å². The largest absolute Gasteiger partial charge is 0.489 e. The summed E-state index contributed by atoms with van der Waals surface area (Å²) in [7, 11) is 0. The first kappa shape index (κ1) is 22.8. The number of amides is 2. The molecule has 6 nitrogen and oxygen atoms in total. The van der Waals surface area contributed by atoms with Crippen LogP contribution in [0.25, 0.3) is 0 Å². The van der Waals surface area contributed by atoms with Crippen LogP contribution in [0.3, 0.4) is 0 Å². The van der Waals surface area contributed by atoms with Crippen molar-refractivity contribution in [2.45, 2.75) is 45.8 Å².